The molecule has 0 bridgehead atoms. The zero-order chi connectivity index (χ0) is 13.1. The van der Waals surface area contributed by atoms with E-state index in [1.807, 2.05) is 0 Å². The Morgan fingerprint density at radius 1 is 1.37 bits per heavy atom. The zero-order valence-electron chi connectivity index (χ0n) is 11.8. The standard InChI is InChI=1S/C16H24N2O/c1-13-7-8-17-14(11-13)12-18-9-4-10-19-16-6-3-2-5-15(16)18/h2-3,5-6,13-14,17H,4,7-12H2,1H3. The summed E-state index contributed by atoms with van der Waals surface area (Å²) in [4.78, 5) is 2.50. The number of hydrogen-bond donors (Lipinski definition) is 1. The lowest BCUT2D eigenvalue weighted by molar-refractivity contribution is 0.316. The van der Waals surface area contributed by atoms with Crippen molar-refractivity contribution in [2.45, 2.75) is 32.2 Å². The lowest BCUT2D eigenvalue weighted by Gasteiger charge is -2.33. The maximum absolute atomic E-state index is 5.83. The van der Waals surface area contributed by atoms with Crippen molar-refractivity contribution in [1.29, 1.82) is 0 Å². The van der Waals surface area contributed by atoms with E-state index in [0.717, 1.165) is 44.3 Å². The van der Waals surface area contributed by atoms with Gasteiger partial charge in [-0.05, 0) is 43.9 Å². The fourth-order valence-electron chi connectivity index (χ4n) is 3.21. The number of rotatable bonds is 2. The van der Waals surface area contributed by atoms with Crippen LogP contribution in [0.4, 0.5) is 5.69 Å². The van der Waals surface area contributed by atoms with E-state index in [4.69, 9.17) is 4.74 Å². The van der Waals surface area contributed by atoms with Gasteiger partial charge >= 0.3 is 0 Å². The molecule has 1 fully saturated rings. The Labute approximate surface area is 115 Å². The Kier molecular flexibility index (Phi) is 3.92. The van der Waals surface area contributed by atoms with Crippen LogP contribution in [0, 0.1) is 5.92 Å². The van der Waals surface area contributed by atoms with E-state index in [1.54, 1.807) is 0 Å². The summed E-state index contributed by atoms with van der Waals surface area (Å²) in [6, 6.07) is 9.06. The minimum Gasteiger partial charge on any atom is -0.491 e. The second kappa shape index (κ2) is 5.83. The first-order valence-corrected chi connectivity index (χ1v) is 7.53. The highest BCUT2D eigenvalue weighted by Gasteiger charge is 2.23. The van der Waals surface area contributed by atoms with E-state index < -0.39 is 0 Å². The van der Waals surface area contributed by atoms with Crippen LogP contribution >= 0.6 is 0 Å². The molecule has 0 radical (unpaired) electrons. The van der Waals surface area contributed by atoms with Crippen molar-refractivity contribution in [3.05, 3.63) is 24.3 Å². The molecule has 0 aromatic heterocycles. The monoisotopic (exact) mass is 260 g/mol. The van der Waals surface area contributed by atoms with Crippen molar-refractivity contribution < 1.29 is 4.74 Å². The normalized spacial score (nSPS) is 27.3. The quantitative estimate of drug-likeness (QED) is 0.885. The Hall–Kier alpha value is -1.22. The predicted octanol–water partition coefficient (Wildman–Crippen LogP) is 2.66. The van der Waals surface area contributed by atoms with Gasteiger partial charge in [0.05, 0.1) is 12.3 Å². The Bertz CT molecular complexity index is 421. The van der Waals surface area contributed by atoms with E-state index in [0.29, 0.717) is 6.04 Å². The number of ether oxygens (including phenoxy) is 1. The molecular weight excluding hydrogens is 236 g/mol. The molecule has 1 aromatic carbocycles. The van der Waals surface area contributed by atoms with Gasteiger partial charge in [-0.25, -0.2) is 0 Å². The SMILES string of the molecule is CC1CCNC(CN2CCCOc3ccccc32)C1. The molecule has 2 aliphatic heterocycles. The highest BCUT2D eigenvalue weighted by molar-refractivity contribution is 5.59. The summed E-state index contributed by atoms with van der Waals surface area (Å²) in [5.41, 5.74) is 1.26. The van der Waals surface area contributed by atoms with Gasteiger partial charge in [-0.2, -0.15) is 0 Å². The molecule has 1 saturated heterocycles. The minimum absolute atomic E-state index is 0.620. The smallest absolute Gasteiger partial charge is 0.142 e. The molecule has 0 spiro atoms. The summed E-state index contributed by atoms with van der Waals surface area (Å²) < 4.78 is 5.83. The third-order valence-corrected chi connectivity index (χ3v) is 4.23. The highest BCUT2D eigenvalue weighted by atomic mass is 16.5. The fraction of sp³-hybridized carbons (Fsp3) is 0.625. The molecule has 0 saturated carbocycles. The second-order valence-corrected chi connectivity index (χ2v) is 5.90. The summed E-state index contributed by atoms with van der Waals surface area (Å²) in [7, 11) is 0. The largest absolute Gasteiger partial charge is 0.491 e. The van der Waals surface area contributed by atoms with Gasteiger partial charge in [-0.1, -0.05) is 19.1 Å². The molecule has 104 valence electrons. The van der Waals surface area contributed by atoms with Gasteiger partial charge in [0.15, 0.2) is 0 Å². The van der Waals surface area contributed by atoms with E-state index in [9.17, 15) is 0 Å². The molecule has 2 unspecified atom stereocenters. The fourth-order valence-corrected chi connectivity index (χ4v) is 3.21. The van der Waals surface area contributed by atoms with Crippen molar-refractivity contribution >= 4 is 5.69 Å². The van der Waals surface area contributed by atoms with Gasteiger partial charge in [-0.15, -0.1) is 0 Å². The van der Waals surface area contributed by atoms with E-state index >= 15 is 0 Å². The molecule has 3 heteroatoms. The van der Waals surface area contributed by atoms with Crippen molar-refractivity contribution in [1.82, 2.24) is 5.32 Å². The van der Waals surface area contributed by atoms with E-state index in [-0.39, 0.29) is 0 Å². The number of anilines is 1. The van der Waals surface area contributed by atoms with E-state index in [1.165, 1.54) is 18.5 Å². The van der Waals surface area contributed by atoms with Crippen molar-refractivity contribution in [2.24, 2.45) is 5.92 Å². The first-order chi connectivity index (χ1) is 9.33. The number of benzene rings is 1. The van der Waals surface area contributed by atoms with Crippen LogP contribution in [0.3, 0.4) is 0 Å². The average molecular weight is 260 g/mol. The first-order valence-electron chi connectivity index (χ1n) is 7.53. The highest BCUT2D eigenvalue weighted by Crippen LogP contribution is 2.31. The molecule has 19 heavy (non-hydrogen) atoms. The van der Waals surface area contributed by atoms with Crippen LogP contribution < -0.4 is 15.0 Å². The van der Waals surface area contributed by atoms with Crippen LogP contribution in [0.5, 0.6) is 5.75 Å². The molecule has 2 heterocycles. The predicted molar refractivity (Wildman–Crippen MR) is 79.0 cm³/mol. The van der Waals surface area contributed by atoms with E-state index in [2.05, 4.69) is 41.4 Å². The number of nitrogens with zero attached hydrogens (tertiary/aromatic N) is 1. The van der Waals surface area contributed by atoms with Crippen LogP contribution in [0.2, 0.25) is 0 Å². The van der Waals surface area contributed by atoms with Crippen LogP contribution in [0.1, 0.15) is 26.2 Å². The molecule has 1 N–H and O–H groups in total. The van der Waals surface area contributed by atoms with Crippen molar-refractivity contribution in [2.75, 3.05) is 31.1 Å². The van der Waals surface area contributed by atoms with Gasteiger partial charge in [-0.3, -0.25) is 0 Å². The molecule has 1 aromatic rings. The summed E-state index contributed by atoms with van der Waals surface area (Å²) in [6.07, 6.45) is 3.71. The van der Waals surface area contributed by atoms with Crippen LogP contribution in [-0.2, 0) is 0 Å². The van der Waals surface area contributed by atoms with Gasteiger partial charge in [0.25, 0.3) is 0 Å². The van der Waals surface area contributed by atoms with Gasteiger partial charge < -0.3 is 15.0 Å². The lowest BCUT2D eigenvalue weighted by atomic mass is 9.94. The third kappa shape index (κ3) is 3.03. The Morgan fingerprint density at radius 2 is 2.26 bits per heavy atom. The molecule has 0 amide bonds. The number of para-hydroxylation sites is 2. The van der Waals surface area contributed by atoms with Crippen LogP contribution in [-0.4, -0.2) is 32.3 Å². The maximum atomic E-state index is 5.83. The minimum atomic E-state index is 0.620. The topological polar surface area (TPSA) is 24.5 Å². The summed E-state index contributed by atoms with van der Waals surface area (Å²) in [5, 5.41) is 3.67. The molecule has 0 aliphatic carbocycles. The van der Waals surface area contributed by atoms with Gasteiger partial charge in [0, 0.05) is 19.1 Å². The van der Waals surface area contributed by atoms with Crippen molar-refractivity contribution in [3.8, 4) is 5.75 Å². The third-order valence-electron chi connectivity index (χ3n) is 4.23. The van der Waals surface area contributed by atoms with Crippen LogP contribution in [0.15, 0.2) is 24.3 Å². The number of fused-ring (bicyclic) bond motifs is 1. The molecule has 3 rings (SSSR count). The lowest BCUT2D eigenvalue weighted by Crippen LogP contribution is -2.45. The van der Waals surface area contributed by atoms with Crippen molar-refractivity contribution in [3.63, 3.8) is 0 Å². The van der Waals surface area contributed by atoms with Gasteiger partial charge in [0.2, 0.25) is 0 Å². The molecular formula is C16H24N2O. The number of piperidine rings is 1. The summed E-state index contributed by atoms with van der Waals surface area (Å²) in [6.45, 7) is 6.57. The Morgan fingerprint density at radius 3 is 3.16 bits per heavy atom. The maximum Gasteiger partial charge on any atom is 0.142 e. The van der Waals surface area contributed by atoms with Crippen LogP contribution in [0.25, 0.3) is 0 Å². The Balaban J connectivity index is 1.73. The second-order valence-electron chi connectivity index (χ2n) is 5.90. The molecule has 3 nitrogen and oxygen atoms in total. The number of nitrogens with one attached hydrogen (secondary N) is 1. The summed E-state index contributed by atoms with van der Waals surface area (Å²) in [5.74, 6) is 1.90. The number of hydrogen-bond acceptors (Lipinski definition) is 3. The summed E-state index contributed by atoms with van der Waals surface area (Å²) >= 11 is 0. The first kappa shape index (κ1) is 12.8. The average Bonchev–Trinajstić information content (AvgIpc) is 2.62. The molecule has 2 aliphatic rings. The van der Waals surface area contributed by atoms with Gasteiger partial charge in [0.1, 0.15) is 5.75 Å². The zero-order valence-corrected chi connectivity index (χ0v) is 11.8. The molecule has 2 atom stereocenters.